The van der Waals surface area contributed by atoms with Crippen LogP contribution in [0.25, 0.3) is 0 Å². The smallest absolute Gasteiger partial charge is 0.0443 e. The van der Waals surface area contributed by atoms with Crippen LogP contribution in [0.3, 0.4) is 0 Å². The Kier molecular flexibility index (Phi) is 8.61. The van der Waals surface area contributed by atoms with Gasteiger partial charge >= 0.3 is 0 Å². The maximum atomic E-state index is 8.85. The molecule has 0 radical (unpaired) electrons. The van der Waals surface area contributed by atoms with Gasteiger partial charge in [-0.1, -0.05) is 12.8 Å². The number of aliphatic hydroxyl groups excluding tert-OH is 2. The molecular formula is C13H28N2O2. The lowest BCUT2D eigenvalue weighted by Crippen LogP contribution is -2.37. The van der Waals surface area contributed by atoms with Crippen molar-refractivity contribution in [2.24, 2.45) is 0 Å². The van der Waals surface area contributed by atoms with Crippen molar-refractivity contribution in [3.8, 4) is 0 Å². The molecule has 1 rings (SSSR count). The third-order valence-electron chi connectivity index (χ3n) is 3.48. The summed E-state index contributed by atoms with van der Waals surface area (Å²) in [6, 6.07) is 0.729. The molecule has 0 atom stereocenters. The normalized spacial score (nSPS) is 17.1. The third-order valence-corrected chi connectivity index (χ3v) is 3.48. The van der Waals surface area contributed by atoms with Gasteiger partial charge in [0.25, 0.3) is 0 Å². The van der Waals surface area contributed by atoms with Crippen LogP contribution in [0, 0.1) is 0 Å². The molecule has 0 heterocycles. The second-order valence-corrected chi connectivity index (χ2v) is 4.93. The van der Waals surface area contributed by atoms with E-state index in [-0.39, 0.29) is 13.2 Å². The Morgan fingerprint density at radius 2 is 1.53 bits per heavy atom. The van der Waals surface area contributed by atoms with Crippen molar-refractivity contribution in [1.29, 1.82) is 0 Å². The fourth-order valence-corrected chi connectivity index (χ4v) is 2.48. The van der Waals surface area contributed by atoms with E-state index in [0.717, 1.165) is 45.1 Å². The van der Waals surface area contributed by atoms with Crippen molar-refractivity contribution in [1.82, 2.24) is 10.2 Å². The fraction of sp³-hybridized carbons (Fsp3) is 1.00. The van der Waals surface area contributed by atoms with Crippen LogP contribution in [0.2, 0.25) is 0 Å². The van der Waals surface area contributed by atoms with E-state index in [0.29, 0.717) is 0 Å². The second-order valence-electron chi connectivity index (χ2n) is 4.93. The molecule has 0 aromatic carbocycles. The lowest BCUT2D eigenvalue weighted by Gasteiger charge is -2.23. The van der Waals surface area contributed by atoms with E-state index in [1.165, 1.54) is 25.7 Å². The first-order valence-electron chi connectivity index (χ1n) is 7.04. The minimum Gasteiger partial charge on any atom is -0.396 e. The van der Waals surface area contributed by atoms with Gasteiger partial charge in [0.1, 0.15) is 0 Å². The first-order chi connectivity index (χ1) is 8.36. The third kappa shape index (κ3) is 6.99. The Balaban J connectivity index is 2.08. The topological polar surface area (TPSA) is 55.7 Å². The maximum Gasteiger partial charge on any atom is 0.0443 e. The van der Waals surface area contributed by atoms with Gasteiger partial charge in [0, 0.05) is 45.4 Å². The molecule has 0 aromatic rings. The minimum absolute atomic E-state index is 0.256. The predicted octanol–water partition coefficient (Wildman–Crippen LogP) is 0.585. The van der Waals surface area contributed by atoms with Crippen LogP contribution in [-0.4, -0.2) is 60.5 Å². The predicted molar refractivity (Wildman–Crippen MR) is 70.1 cm³/mol. The lowest BCUT2D eigenvalue weighted by molar-refractivity contribution is 0.200. The molecule has 1 aliphatic carbocycles. The molecule has 0 aliphatic heterocycles. The molecule has 102 valence electrons. The van der Waals surface area contributed by atoms with E-state index in [1.807, 2.05) is 0 Å². The Hall–Kier alpha value is -0.160. The Bertz CT molecular complexity index is 165. The second kappa shape index (κ2) is 9.83. The van der Waals surface area contributed by atoms with Crippen LogP contribution in [0.1, 0.15) is 38.5 Å². The summed E-state index contributed by atoms with van der Waals surface area (Å²) in [7, 11) is 0. The van der Waals surface area contributed by atoms with E-state index in [4.69, 9.17) is 10.2 Å². The average Bonchev–Trinajstić information content (AvgIpc) is 2.85. The van der Waals surface area contributed by atoms with Crippen molar-refractivity contribution in [2.75, 3.05) is 39.4 Å². The molecule has 1 saturated carbocycles. The molecule has 4 nitrogen and oxygen atoms in total. The summed E-state index contributed by atoms with van der Waals surface area (Å²) in [4.78, 5) is 2.33. The quantitative estimate of drug-likeness (QED) is 0.526. The molecule has 1 fully saturated rings. The number of nitrogens with zero attached hydrogens (tertiary/aromatic N) is 1. The highest BCUT2D eigenvalue weighted by molar-refractivity contribution is 4.74. The van der Waals surface area contributed by atoms with Crippen LogP contribution in [0.15, 0.2) is 0 Å². The first kappa shape index (κ1) is 14.9. The molecule has 4 heteroatoms. The highest BCUT2D eigenvalue weighted by Crippen LogP contribution is 2.17. The molecule has 3 N–H and O–H groups in total. The van der Waals surface area contributed by atoms with Gasteiger partial charge in [0.2, 0.25) is 0 Å². The summed E-state index contributed by atoms with van der Waals surface area (Å²) in [5.74, 6) is 0. The van der Waals surface area contributed by atoms with Crippen molar-refractivity contribution in [3.63, 3.8) is 0 Å². The van der Waals surface area contributed by atoms with Crippen molar-refractivity contribution in [2.45, 2.75) is 44.6 Å². The van der Waals surface area contributed by atoms with Gasteiger partial charge in [-0.05, 0) is 25.7 Å². The van der Waals surface area contributed by atoms with E-state index >= 15 is 0 Å². The Morgan fingerprint density at radius 3 is 2.06 bits per heavy atom. The highest BCUT2D eigenvalue weighted by atomic mass is 16.3. The molecule has 0 amide bonds. The summed E-state index contributed by atoms with van der Waals surface area (Å²) >= 11 is 0. The maximum absolute atomic E-state index is 8.85. The molecular weight excluding hydrogens is 216 g/mol. The van der Waals surface area contributed by atoms with Gasteiger partial charge in [0.05, 0.1) is 0 Å². The van der Waals surface area contributed by atoms with E-state index < -0.39 is 0 Å². The van der Waals surface area contributed by atoms with Crippen LogP contribution >= 0.6 is 0 Å². The van der Waals surface area contributed by atoms with Gasteiger partial charge in [0.15, 0.2) is 0 Å². The number of nitrogens with one attached hydrogen (secondary N) is 1. The van der Waals surface area contributed by atoms with Crippen LogP contribution in [-0.2, 0) is 0 Å². The Labute approximate surface area is 105 Å². The summed E-state index contributed by atoms with van der Waals surface area (Å²) in [6.45, 7) is 4.43. The summed E-state index contributed by atoms with van der Waals surface area (Å²) < 4.78 is 0. The van der Waals surface area contributed by atoms with Crippen LogP contribution in [0.4, 0.5) is 0 Å². The van der Waals surface area contributed by atoms with Crippen LogP contribution in [0.5, 0.6) is 0 Å². The number of hydrogen-bond acceptors (Lipinski definition) is 4. The van der Waals surface area contributed by atoms with Gasteiger partial charge in [-0.15, -0.1) is 0 Å². The SMILES string of the molecule is OCCCN(CCCO)CCNC1CCCC1. The average molecular weight is 244 g/mol. The summed E-state index contributed by atoms with van der Waals surface area (Å²) in [6.07, 6.45) is 7.05. The number of aliphatic hydroxyl groups is 2. The first-order valence-corrected chi connectivity index (χ1v) is 7.04. The lowest BCUT2D eigenvalue weighted by atomic mass is 10.2. The summed E-state index contributed by atoms with van der Waals surface area (Å²) in [5, 5.41) is 21.3. The van der Waals surface area contributed by atoms with Crippen molar-refractivity contribution >= 4 is 0 Å². The number of rotatable bonds is 10. The van der Waals surface area contributed by atoms with Crippen molar-refractivity contribution in [3.05, 3.63) is 0 Å². The van der Waals surface area contributed by atoms with E-state index in [2.05, 4.69) is 10.2 Å². The van der Waals surface area contributed by atoms with Gasteiger partial charge in [-0.25, -0.2) is 0 Å². The van der Waals surface area contributed by atoms with E-state index in [1.54, 1.807) is 0 Å². The minimum atomic E-state index is 0.256. The molecule has 0 aromatic heterocycles. The zero-order valence-corrected chi connectivity index (χ0v) is 10.9. The highest BCUT2D eigenvalue weighted by Gasteiger charge is 2.14. The molecule has 0 unspecified atom stereocenters. The van der Waals surface area contributed by atoms with Crippen LogP contribution < -0.4 is 5.32 Å². The molecule has 0 spiro atoms. The monoisotopic (exact) mass is 244 g/mol. The van der Waals surface area contributed by atoms with Gasteiger partial charge in [-0.2, -0.15) is 0 Å². The molecule has 1 aliphatic rings. The number of hydrogen-bond donors (Lipinski definition) is 3. The summed E-state index contributed by atoms with van der Waals surface area (Å²) in [5.41, 5.74) is 0. The van der Waals surface area contributed by atoms with Gasteiger partial charge < -0.3 is 20.4 Å². The molecule has 17 heavy (non-hydrogen) atoms. The molecule has 0 saturated heterocycles. The van der Waals surface area contributed by atoms with E-state index in [9.17, 15) is 0 Å². The largest absolute Gasteiger partial charge is 0.396 e. The Morgan fingerprint density at radius 1 is 0.941 bits per heavy atom. The zero-order valence-electron chi connectivity index (χ0n) is 10.9. The fourth-order valence-electron chi connectivity index (χ4n) is 2.48. The van der Waals surface area contributed by atoms with Crippen molar-refractivity contribution < 1.29 is 10.2 Å². The van der Waals surface area contributed by atoms with Gasteiger partial charge in [-0.3, -0.25) is 0 Å². The molecule has 0 bridgehead atoms. The standard InChI is InChI=1S/C13H28N2O2/c16-11-3-8-15(9-4-12-17)10-7-14-13-5-1-2-6-13/h13-14,16-17H,1-12H2. The zero-order chi connectivity index (χ0) is 12.3.